The lowest BCUT2D eigenvalue weighted by atomic mass is 9.97. The highest BCUT2D eigenvalue weighted by Gasteiger charge is 2.29. The smallest absolute Gasteiger partial charge is 0.270 e. The Balaban J connectivity index is 1.64. The second-order valence-electron chi connectivity index (χ2n) is 5.95. The number of hydrogen-bond acceptors (Lipinski definition) is 3. The number of amides is 2. The van der Waals surface area contributed by atoms with Gasteiger partial charge in [0.05, 0.1) is 10.9 Å². The van der Waals surface area contributed by atoms with Crippen LogP contribution in [-0.4, -0.2) is 39.4 Å². The monoisotopic (exact) mass is 346 g/mol. The minimum atomic E-state index is -0.236. The molecule has 0 unspecified atom stereocenters. The van der Waals surface area contributed by atoms with Crippen molar-refractivity contribution in [3.8, 4) is 0 Å². The summed E-state index contributed by atoms with van der Waals surface area (Å²) in [4.78, 5) is 30.9. The van der Waals surface area contributed by atoms with E-state index in [1.54, 1.807) is 27.7 Å². The number of halogens is 1. The third kappa shape index (κ3) is 3.59. The highest BCUT2D eigenvalue weighted by atomic mass is 35.5. The van der Waals surface area contributed by atoms with Gasteiger partial charge in [0.2, 0.25) is 5.91 Å². The number of rotatable bonds is 3. The molecule has 1 fully saturated rings. The second-order valence-corrected chi connectivity index (χ2v) is 6.38. The number of carbonyl (C=O) groups is 2. The average molecular weight is 347 g/mol. The standard InChI is InChI=1S/C17H19ClN4O2/c1-21-8-3-5-14(21)17(24)22-9-2-4-12(11-22)16(23)20-15-7-6-13(18)10-19-15/h3,5-8,10,12H,2,4,9,11H2,1H3,(H,19,20,23)/t12-/m0/s1. The topological polar surface area (TPSA) is 67.2 Å². The van der Waals surface area contributed by atoms with Crippen molar-refractivity contribution in [3.63, 3.8) is 0 Å². The Morgan fingerprint density at radius 1 is 1.33 bits per heavy atom. The first-order valence-electron chi connectivity index (χ1n) is 7.87. The van der Waals surface area contributed by atoms with Crippen LogP contribution in [0.3, 0.4) is 0 Å². The van der Waals surface area contributed by atoms with Crippen LogP contribution in [0.4, 0.5) is 5.82 Å². The lowest BCUT2D eigenvalue weighted by Crippen LogP contribution is -2.44. The third-order valence-corrected chi connectivity index (χ3v) is 4.44. The molecule has 0 bridgehead atoms. The fourth-order valence-corrected chi connectivity index (χ4v) is 3.01. The first-order chi connectivity index (χ1) is 11.5. The molecule has 2 amide bonds. The first-order valence-corrected chi connectivity index (χ1v) is 8.25. The second kappa shape index (κ2) is 7.05. The first kappa shape index (κ1) is 16.5. The Labute approximate surface area is 145 Å². The molecular formula is C17H19ClN4O2. The Hall–Kier alpha value is -2.34. The molecule has 24 heavy (non-hydrogen) atoms. The molecule has 0 radical (unpaired) electrons. The molecule has 1 aliphatic heterocycles. The van der Waals surface area contributed by atoms with E-state index in [9.17, 15) is 9.59 Å². The molecule has 1 saturated heterocycles. The van der Waals surface area contributed by atoms with E-state index in [-0.39, 0.29) is 17.7 Å². The van der Waals surface area contributed by atoms with Crippen LogP contribution < -0.4 is 5.32 Å². The van der Waals surface area contributed by atoms with Crippen molar-refractivity contribution < 1.29 is 9.59 Å². The van der Waals surface area contributed by atoms with Crippen LogP contribution in [-0.2, 0) is 11.8 Å². The van der Waals surface area contributed by atoms with E-state index in [1.807, 2.05) is 19.3 Å². The van der Waals surface area contributed by atoms with Crippen molar-refractivity contribution >= 4 is 29.2 Å². The summed E-state index contributed by atoms with van der Waals surface area (Å²) >= 11 is 5.79. The summed E-state index contributed by atoms with van der Waals surface area (Å²) < 4.78 is 1.80. The number of pyridine rings is 1. The van der Waals surface area contributed by atoms with E-state index in [4.69, 9.17) is 11.6 Å². The van der Waals surface area contributed by atoms with Gasteiger partial charge in [0, 0.05) is 32.5 Å². The normalized spacial score (nSPS) is 17.6. The molecular weight excluding hydrogens is 328 g/mol. The quantitative estimate of drug-likeness (QED) is 0.928. The molecule has 6 nitrogen and oxygen atoms in total. The van der Waals surface area contributed by atoms with Crippen LogP contribution in [0.2, 0.25) is 5.02 Å². The number of anilines is 1. The van der Waals surface area contributed by atoms with E-state index in [0.717, 1.165) is 12.8 Å². The maximum atomic E-state index is 12.6. The fourth-order valence-electron chi connectivity index (χ4n) is 2.90. The zero-order valence-corrected chi connectivity index (χ0v) is 14.2. The molecule has 3 rings (SSSR count). The number of aromatic nitrogens is 2. The highest BCUT2D eigenvalue weighted by molar-refractivity contribution is 6.30. The van der Waals surface area contributed by atoms with Crippen LogP contribution in [0, 0.1) is 5.92 Å². The summed E-state index contributed by atoms with van der Waals surface area (Å²) in [6.07, 6.45) is 4.90. The lowest BCUT2D eigenvalue weighted by Gasteiger charge is -2.32. The maximum Gasteiger partial charge on any atom is 0.270 e. The lowest BCUT2D eigenvalue weighted by molar-refractivity contribution is -0.121. The van der Waals surface area contributed by atoms with Crippen molar-refractivity contribution in [2.24, 2.45) is 13.0 Å². The zero-order valence-electron chi connectivity index (χ0n) is 13.4. The zero-order chi connectivity index (χ0) is 17.1. The van der Waals surface area contributed by atoms with Crippen LogP contribution in [0.25, 0.3) is 0 Å². The van der Waals surface area contributed by atoms with Crippen LogP contribution >= 0.6 is 11.6 Å². The molecule has 0 aromatic carbocycles. The van der Waals surface area contributed by atoms with Gasteiger partial charge in [-0.3, -0.25) is 9.59 Å². The number of nitrogens with one attached hydrogen (secondary N) is 1. The summed E-state index contributed by atoms with van der Waals surface area (Å²) in [7, 11) is 1.84. The maximum absolute atomic E-state index is 12.6. The van der Waals surface area contributed by atoms with Gasteiger partial charge in [-0.25, -0.2) is 4.98 Å². The predicted molar refractivity (Wildman–Crippen MR) is 91.9 cm³/mol. The van der Waals surface area contributed by atoms with Gasteiger partial charge in [0.25, 0.3) is 5.91 Å². The van der Waals surface area contributed by atoms with E-state index in [1.165, 1.54) is 6.20 Å². The summed E-state index contributed by atoms with van der Waals surface area (Å²) in [5.41, 5.74) is 0.635. The molecule has 2 aromatic rings. The molecule has 0 aliphatic carbocycles. The number of piperidine rings is 1. The van der Waals surface area contributed by atoms with Crippen molar-refractivity contribution in [1.29, 1.82) is 0 Å². The van der Waals surface area contributed by atoms with Gasteiger partial charge in [-0.05, 0) is 37.1 Å². The fraction of sp³-hybridized carbons (Fsp3) is 0.353. The molecule has 0 spiro atoms. The molecule has 126 valence electrons. The Morgan fingerprint density at radius 2 is 2.17 bits per heavy atom. The Bertz CT molecular complexity index is 741. The van der Waals surface area contributed by atoms with Crippen LogP contribution in [0.15, 0.2) is 36.7 Å². The molecule has 3 heterocycles. The Morgan fingerprint density at radius 3 is 2.83 bits per heavy atom. The number of hydrogen-bond donors (Lipinski definition) is 1. The van der Waals surface area contributed by atoms with Gasteiger partial charge >= 0.3 is 0 Å². The Kier molecular flexibility index (Phi) is 4.85. The van der Waals surface area contributed by atoms with Crippen LogP contribution in [0.1, 0.15) is 23.3 Å². The van der Waals surface area contributed by atoms with Gasteiger partial charge < -0.3 is 14.8 Å². The van der Waals surface area contributed by atoms with E-state index < -0.39 is 0 Å². The predicted octanol–water partition coefficient (Wildman–Crippen LogP) is 2.56. The summed E-state index contributed by atoms with van der Waals surface area (Å²) in [5, 5.41) is 3.31. The minimum absolute atomic E-state index is 0.0374. The summed E-state index contributed by atoms with van der Waals surface area (Å²) in [6.45, 7) is 1.09. The number of carbonyl (C=O) groups excluding carboxylic acids is 2. The van der Waals surface area contributed by atoms with Crippen LogP contribution in [0.5, 0.6) is 0 Å². The van der Waals surface area contributed by atoms with Crippen molar-refractivity contribution in [3.05, 3.63) is 47.4 Å². The average Bonchev–Trinajstić information content (AvgIpc) is 3.02. The van der Waals surface area contributed by atoms with E-state index >= 15 is 0 Å². The van der Waals surface area contributed by atoms with Crippen molar-refractivity contribution in [2.75, 3.05) is 18.4 Å². The SMILES string of the molecule is Cn1cccc1C(=O)N1CCC[C@H](C(=O)Nc2ccc(Cl)cn2)C1. The summed E-state index contributed by atoms with van der Waals surface area (Å²) in [6, 6.07) is 6.98. The number of nitrogens with zero attached hydrogens (tertiary/aromatic N) is 3. The summed E-state index contributed by atoms with van der Waals surface area (Å²) in [5.74, 6) is 0.0783. The minimum Gasteiger partial charge on any atom is -0.347 e. The largest absolute Gasteiger partial charge is 0.347 e. The molecule has 0 saturated carbocycles. The van der Waals surface area contributed by atoms with E-state index in [2.05, 4.69) is 10.3 Å². The van der Waals surface area contributed by atoms with Gasteiger partial charge in [-0.15, -0.1) is 0 Å². The molecule has 1 aliphatic rings. The van der Waals surface area contributed by atoms with E-state index in [0.29, 0.717) is 29.6 Å². The van der Waals surface area contributed by atoms with Gasteiger partial charge in [0.15, 0.2) is 0 Å². The molecule has 1 N–H and O–H groups in total. The van der Waals surface area contributed by atoms with Gasteiger partial charge in [-0.2, -0.15) is 0 Å². The molecule has 1 atom stereocenters. The third-order valence-electron chi connectivity index (χ3n) is 4.22. The highest BCUT2D eigenvalue weighted by Crippen LogP contribution is 2.20. The molecule has 7 heteroatoms. The number of likely N-dealkylation sites (tertiary alicyclic amines) is 1. The van der Waals surface area contributed by atoms with Crippen molar-refractivity contribution in [1.82, 2.24) is 14.5 Å². The number of aryl methyl sites for hydroxylation is 1. The van der Waals surface area contributed by atoms with Crippen molar-refractivity contribution in [2.45, 2.75) is 12.8 Å². The van der Waals surface area contributed by atoms with Gasteiger partial charge in [-0.1, -0.05) is 11.6 Å². The molecule has 2 aromatic heterocycles. The van der Waals surface area contributed by atoms with Gasteiger partial charge in [0.1, 0.15) is 11.5 Å².